The first-order valence-corrected chi connectivity index (χ1v) is 5.48. The Labute approximate surface area is 125 Å². The van der Waals surface area contributed by atoms with Gasteiger partial charge in [0.1, 0.15) is 0 Å². The molecule has 108 valence electrons. The third-order valence-electron chi connectivity index (χ3n) is 1.92. The second-order valence-electron chi connectivity index (χ2n) is 3.40. The first-order valence-electron chi connectivity index (χ1n) is 5.48. The number of pyridine rings is 1. The molecule has 0 aliphatic carbocycles. The van der Waals surface area contributed by atoms with Crippen molar-refractivity contribution in [2.45, 2.75) is 19.9 Å². The normalized spacial score (nSPS) is 9.84. The monoisotopic (exact) mass is 307 g/mol. The quantitative estimate of drug-likeness (QED) is 0.580. The number of hydrogen-bond donors (Lipinski definition) is 3. The predicted molar refractivity (Wildman–Crippen MR) is 80.9 cm³/mol. The SMILES string of the molecule is CCCNC(=O)N=C(N)NCc1ccccn1.Cl.Cl. The average molecular weight is 308 g/mol. The number of hydrogen-bond acceptors (Lipinski definition) is 2. The first-order chi connectivity index (χ1) is 8.22. The summed E-state index contributed by atoms with van der Waals surface area (Å²) in [5.41, 5.74) is 6.38. The third-order valence-corrected chi connectivity index (χ3v) is 1.92. The maximum atomic E-state index is 11.2. The molecule has 1 aromatic rings. The van der Waals surface area contributed by atoms with E-state index in [0.717, 1.165) is 12.1 Å². The lowest BCUT2D eigenvalue weighted by molar-refractivity contribution is 0.249. The molecule has 8 heteroatoms. The van der Waals surface area contributed by atoms with Crippen LogP contribution in [0.15, 0.2) is 29.4 Å². The molecule has 6 nitrogen and oxygen atoms in total. The Morgan fingerprint density at radius 1 is 1.37 bits per heavy atom. The van der Waals surface area contributed by atoms with Crippen LogP contribution in [0.1, 0.15) is 19.0 Å². The van der Waals surface area contributed by atoms with Crippen LogP contribution in [0.4, 0.5) is 4.79 Å². The number of nitrogens with one attached hydrogen (secondary N) is 2. The third kappa shape index (κ3) is 9.10. The van der Waals surface area contributed by atoms with Crippen LogP contribution in [0.3, 0.4) is 0 Å². The molecule has 0 saturated heterocycles. The predicted octanol–water partition coefficient (Wildman–Crippen LogP) is 1.45. The smallest absolute Gasteiger partial charge is 0.344 e. The maximum absolute atomic E-state index is 11.2. The van der Waals surface area contributed by atoms with Crippen LogP contribution in [0.25, 0.3) is 0 Å². The summed E-state index contributed by atoms with van der Waals surface area (Å²) in [4.78, 5) is 18.9. The molecule has 1 heterocycles. The minimum absolute atomic E-state index is 0. The zero-order valence-electron chi connectivity index (χ0n) is 10.6. The van der Waals surface area contributed by atoms with Gasteiger partial charge >= 0.3 is 6.03 Å². The van der Waals surface area contributed by atoms with E-state index < -0.39 is 6.03 Å². The van der Waals surface area contributed by atoms with Crippen molar-refractivity contribution in [2.75, 3.05) is 6.54 Å². The number of nitrogens with zero attached hydrogens (tertiary/aromatic N) is 2. The lowest BCUT2D eigenvalue weighted by Crippen LogP contribution is -2.34. The molecule has 1 aromatic heterocycles. The molecule has 0 aliphatic rings. The van der Waals surface area contributed by atoms with Crippen LogP contribution in [0.2, 0.25) is 0 Å². The van der Waals surface area contributed by atoms with Crippen molar-refractivity contribution in [3.05, 3.63) is 30.1 Å². The van der Waals surface area contributed by atoms with Crippen molar-refractivity contribution in [1.82, 2.24) is 15.6 Å². The van der Waals surface area contributed by atoms with E-state index >= 15 is 0 Å². The fraction of sp³-hybridized carbons (Fsp3) is 0.364. The largest absolute Gasteiger partial charge is 0.370 e. The highest BCUT2D eigenvalue weighted by Crippen LogP contribution is 1.91. The van der Waals surface area contributed by atoms with Gasteiger partial charge < -0.3 is 16.4 Å². The summed E-state index contributed by atoms with van der Waals surface area (Å²) in [6, 6.07) is 5.14. The number of carbonyl (C=O) groups is 1. The summed E-state index contributed by atoms with van der Waals surface area (Å²) in [6.45, 7) is 3.00. The van der Waals surface area contributed by atoms with E-state index in [9.17, 15) is 4.79 Å². The van der Waals surface area contributed by atoms with E-state index in [2.05, 4.69) is 20.6 Å². The van der Waals surface area contributed by atoms with Gasteiger partial charge in [-0.2, -0.15) is 4.99 Å². The summed E-state index contributed by atoms with van der Waals surface area (Å²) >= 11 is 0. The van der Waals surface area contributed by atoms with Gasteiger partial charge in [0, 0.05) is 12.7 Å². The van der Waals surface area contributed by atoms with Crippen molar-refractivity contribution in [3.8, 4) is 0 Å². The van der Waals surface area contributed by atoms with E-state index in [-0.39, 0.29) is 30.8 Å². The number of carbonyl (C=O) groups excluding carboxylic acids is 1. The summed E-state index contributed by atoms with van der Waals surface area (Å²) < 4.78 is 0. The van der Waals surface area contributed by atoms with Crippen LogP contribution in [-0.2, 0) is 6.54 Å². The van der Waals surface area contributed by atoms with Gasteiger partial charge in [-0.3, -0.25) is 4.98 Å². The molecule has 0 atom stereocenters. The van der Waals surface area contributed by atoms with Gasteiger partial charge in [-0.05, 0) is 18.6 Å². The minimum atomic E-state index is -0.433. The second-order valence-corrected chi connectivity index (χ2v) is 3.40. The molecule has 0 fully saturated rings. The average Bonchev–Trinajstić information content (AvgIpc) is 2.35. The first kappa shape index (κ1) is 19.8. The van der Waals surface area contributed by atoms with Gasteiger partial charge in [0.25, 0.3) is 0 Å². The van der Waals surface area contributed by atoms with E-state index in [4.69, 9.17) is 5.73 Å². The van der Waals surface area contributed by atoms with Gasteiger partial charge in [0.05, 0.1) is 12.2 Å². The number of aliphatic imine (C=N–C) groups is 1. The number of halogens is 2. The van der Waals surface area contributed by atoms with Crippen molar-refractivity contribution in [3.63, 3.8) is 0 Å². The lowest BCUT2D eigenvalue weighted by Gasteiger charge is -2.04. The summed E-state index contributed by atoms with van der Waals surface area (Å²) in [5.74, 6) is 0.0873. The molecular formula is C11H19Cl2N5O. The van der Waals surface area contributed by atoms with Gasteiger partial charge in [0.15, 0.2) is 5.96 Å². The number of amides is 2. The lowest BCUT2D eigenvalue weighted by atomic mass is 10.3. The Morgan fingerprint density at radius 2 is 2.11 bits per heavy atom. The van der Waals surface area contributed by atoms with E-state index in [1.165, 1.54) is 0 Å². The van der Waals surface area contributed by atoms with Crippen LogP contribution >= 0.6 is 24.8 Å². The molecule has 0 spiro atoms. The number of rotatable bonds is 4. The summed E-state index contributed by atoms with van der Waals surface area (Å²) in [5, 5.41) is 5.41. The van der Waals surface area contributed by atoms with Gasteiger partial charge in [-0.15, -0.1) is 24.8 Å². The maximum Gasteiger partial charge on any atom is 0.344 e. The number of nitrogens with two attached hydrogens (primary N) is 1. The van der Waals surface area contributed by atoms with E-state index in [1.54, 1.807) is 6.20 Å². The Hall–Kier alpha value is -1.53. The molecule has 0 aliphatic heterocycles. The molecule has 2 amide bonds. The molecule has 4 N–H and O–H groups in total. The van der Waals surface area contributed by atoms with Crippen LogP contribution in [-0.4, -0.2) is 23.5 Å². The standard InChI is InChI=1S/C11H17N5O.2ClH/c1-2-6-14-11(17)16-10(12)15-8-9-5-3-4-7-13-9;;/h3-5,7H,2,6,8H2,1H3,(H4,12,14,15,16,17);2*1H. The van der Waals surface area contributed by atoms with Gasteiger partial charge in [-0.25, -0.2) is 4.79 Å². The van der Waals surface area contributed by atoms with E-state index in [0.29, 0.717) is 13.1 Å². The number of guanidine groups is 1. The summed E-state index contributed by atoms with van der Waals surface area (Å²) in [7, 11) is 0. The van der Waals surface area contributed by atoms with Crippen LogP contribution in [0.5, 0.6) is 0 Å². The van der Waals surface area contributed by atoms with Crippen LogP contribution < -0.4 is 16.4 Å². The van der Waals surface area contributed by atoms with Crippen LogP contribution in [0, 0.1) is 0 Å². The minimum Gasteiger partial charge on any atom is -0.370 e. The number of urea groups is 1. The van der Waals surface area contributed by atoms with Crippen molar-refractivity contribution in [2.24, 2.45) is 10.7 Å². The zero-order chi connectivity index (χ0) is 12.5. The highest BCUT2D eigenvalue weighted by Gasteiger charge is 1.99. The molecule has 0 radical (unpaired) electrons. The van der Waals surface area contributed by atoms with Crippen molar-refractivity contribution >= 4 is 36.8 Å². The van der Waals surface area contributed by atoms with Crippen molar-refractivity contribution < 1.29 is 4.79 Å². The number of aromatic nitrogens is 1. The Morgan fingerprint density at radius 3 is 2.68 bits per heavy atom. The molecule has 1 rings (SSSR count). The van der Waals surface area contributed by atoms with Gasteiger partial charge in [-0.1, -0.05) is 13.0 Å². The zero-order valence-corrected chi connectivity index (χ0v) is 12.3. The molecule has 19 heavy (non-hydrogen) atoms. The summed E-state index contributed by atoms with van der Waals surface area (Å²) in [6.07, 6.45) is 2.56. The molecule has 0 unspecified atom stereocenters. The van der Waals surface area contributed by atoms with E-state index in [1.807, 2.05) is 25.1 Å². The highest BCUT2D eigenvalue weighted by molar-refractivity contribution is 5.91. The molecule has 0 bridgehead atoms. The molecule has 0 saturated carbocycles. The Bertz CT molecular complexity index is 386. The Balaban J connectivity index is 0. The fourth-order valence-corrected chi connectivity index (χ4v) is 1.10. The molecular weight excluding hydrogens is 289 g/mol. The topological polar surface area (TPSA) is 92.4 Å². The van der Waals surface area contributed by atoms with Gasteiger partial charge in [0.2, 0.25) is 0 Å². The second kappa shape index (κ2) is 11.6. The van der Waals surface area contributed by atoms with Crippen molar-refractivity contribution in [1.29, 1.82) is 0 Å². The molecule has 0 aromatic carbocycles. The Kier molecular flexibility index (Phi) is 12.0. The highest BCUT2D eigenvalue weighted by atomic mass is 35.5. The fourth-order valence-electron chi connectivity index (χ4n) is 1.10.